The number of aromatic nitrogens is 2. The van der Waals surface area contributed by atoms with Crippen LogP contribution in [0.1, 0.15) is 52.4 Å². The van der Waals surface area contributed by atoms with E-state index in [1.54, 1.807) is 23.9 Å². The van der Waals surface area contributed by atoms with E-state index in [9.17, 15) is 4.79 Å². The largest absolute Gasteiger partial charge is 0.342 e. The summed E-state index contributed by atoms with van der Waals surface area (Å²) < 4.78 is 1.66. The summed E-state index contributed by atoms with van der Waals surface area (Å²) in [5, 5.41) is 0.949. The van der Waals surface area contributed by atoms with Gasteiger partial charge >= 0.3 is 0 Å². The van der Waals surface area contributed by atoms with Crippen LogP contribution in [0.25, 0.3) is 0 Å². The van der Waals surface area contributed by atoms with Crippen molar-refractivity contribution >= 4 is 40.9 Å². The van der Waals surface area contributed by atoms with Gasteiger partial charge in [-0.1, -0.05) is 67.7 Å². The highest BCUT2D eigenvalue weighted by Gasteiger charge is 2.37. The zero-order valence-electron chi connectivity index (χ0n) is 17.4. The van der Waals surface area contributed by atoms with Gasteiger partial charge in [0.1, 0.15) is 0 Å². The summed E-state index contributed by atoms with van der Waals surface area (Å²) in [6.45, 7) is 5.96. The van der Waals surface area contributed by atoms with Crippen LogP contribution >= 0.6 is 35.0 Å². The second kappa shape index (κ2) is 9.76. The molecule has 2 fully saturated rings. The van der Waals surface area contributed by atoms with E-state index in [1.165, 1.54) is 50.3 Å². The fraction of sp³-hybridized carbons (Fsp3) is 0.545. The van der Waals surface area contributed by atoms with Crippen molar-refractivity contribution in [3.63, 3.8) is 0 Å². The summed E-state index contributed by atoms with van der Waals surface area (Å²) >= 11 is 13.6. The molecule has 2 heterocycles. The average molecular weight is 454 g/mol. The molecule has 7 heteroatoms. The topological polar surface area (TPSA) is 38.1 Å². The molecule has 0 bridgehead atoms. The van der Waals surface area contributed by atoms with Gasteiger partial charge in [-0.2, -0.15) is 0 Å². The van der Waals surface area contributed by atoms with Crippen molar-refractivity contribution in [2.75, 3.05) is 18.0 Å². The Morgan fingerprint density at radius 2 is 1.69 bits per heavy atom. The molecule has 0 amide bonds. The Labute approximate surface area is 187 Å². The fourth-order valence-electron chi connectivity index (χ4n) is 4.37. The molecule has 1 saturated carbocycles. The van der Waals surface area contributed by atoms with Crippen molar-refractivity contribution in [1.29, 1.82) is 0 Å². The maximum Gasteiger partial charge on any atom is 0.268 e. The molecule has 0 unspecified atom stereocenters. The number of nitrogens with zero attached hydrogens (tertiary/aromatic N) is 3. The van der Waals surface area contributed by atoms with E-state index in [4.69, 9.17) is 23.2 Å². The molecule has 4 rings (SSSR count). The van der Waals surface area contributed by atoms with Gasteiger partial charge < -0.3 is 4.90 Å². The number of anilines is 1. The number of piperidine rings is 1. The molecule has 158 valence electrons. The van der Waals surface area contributed by atoms with Crippen molar-refractivity contribution in [2.45, 2.75) is 62.2 Å². The van der Waals surface area contributed by atoms with Gasteiger partial charge in [-0.15, -0.1) is 0 Å². The van der Waals surface area contributed by atoms with Gasteiger partial charge in [0.05, 0.1) is 21.1 Å². The Morgan fingerprint density at radius 1 is 1.03 bits per heavy atom. The van der Waals surface area contributed by atoms with E-state index in [-0.39, 0.29) is 5.56 Å². The molecule has 1 saturated heterocycles. The highest BCUT2D eigenvalue weighted by atomic mass is 35.5. The summed E-state index contributed by atoms with van der Waals surface area (Å²) in [6, 6.07) is 5.42. The number of hydrogen-bond donors (Lipinski definition) is 0. The molecule has 0 atom stereocenters. The standard InChI is InChI=1S/C20H23Cl2N3OS.C2H6/c1-24-18(26)16(27-15-6-4-5-14(21)17(15)22)13-23-19(24)25-11-9-20(10-12-25)7-2-3-8-20;1-2/h4-6,13H,2-3,7-12H2,1H3;1-2H3. The first-order chi connectivity index (χ1) is 14.0. The zero-order valence-corrected chi connectivity index (χ0v) is 19.7. The minimum atomic E-state index is -0.0535. The Bertz CT molecular complexity index is 899. The van der Waals surface area contributed by atoms with Crippen molar-refractivity contribution < 1.29 is 0 Å². The quantitative estimate of drug-likeness (QED) is 0.536. The Hall–Kier alpha value is -1.17. The molecule has 4 nitrogen and oxygen atoms in total. The van der Waals surface area contributed by atoms with E-state index in [0.717, 1.165) is 23.9 Å². The van der Waals surface area contributed by atoms with Crippen molar-refractivity contribution in [2.24, 2.45) is 12.5 Å². The average Bonchev–Trinajstić information content (AvgIpc) is 3.19. The van der Waals surface area contributed by atoms with Crippen LogP contribution in [0.5, 0.6) is 0 Å². The first kappa shape index (κ1) is 22.5. The summed E-state index contributed by atoms with van der Waals surface area (Å²) in [7, 11) is 1.80. The van der Waals surface area contributed by atoms with Crippen LogP contribution in [0.3, 0.4) is 0 Å². The zero-order chi connectivity index (χ0) is 21.0. The Balaban J connectivity index is 0.00000117. The van der Waals surface area contributed by atoms with Crippen LogP contribution < -0.4 is 10.5 Å². The second-order valence-electron chi connectivity index (χ2n) is 7.63. The van der Waals surface area contributed by atoms with Crippen molar-refractivity contribution in [3.05, 3.63) is 44.8 Å². The SMILES string of the molecule is CC.Cn1c(N2CCC3(CCCC3)CC2)ncc(Sc2cccc(Cl)c2Cl)c1=O. The molecular weight excluding hydrogens is 425 g/mol. The van der Waals surface area contributed by atoms with Gasteiger partial charge in [0.15, 0.2) is 0 Å². The molecule has 1 aliphatic carbocycles. The van der Waals surface area contributed by atoms with Crippen LogP contribution in [0.4, 0.5) is 5.95 Å². The molecule has 29 heavy (non-hydrogen) atoms. The Morgan fingerprint density at radius 3 is 2.34 bits per heavy atom. The van der Waals surface area contributed by atoms with E-state index >= 15 is 0 Å². The maximum atomic E-state index is 12.9. The van der Waals surface area contributed by atoms with Crippen molar-refractivity contribution in [1.82, 2.24) is 9.55 Å². The predicted molar refractivity (Wildman–Crippen MR) is 124 cm³/mol. The number of halogens is 2. The van der Waals surface area contributed by atoms with Gasteiger partial charge in [0.25, 0.3) is 5.56 Å². The first-order valence-electron chi connectivity index (χ1n) is 10.4. The van der Waals surface area contributed by atoms with Gasteiger partial charge in [-0.05, 0) is 43.2 Å². The molecule has 1 aliphatic heterocycles. The van der Waals surface area contributed by atoms with Crippen LogP contribution in [0, 0.1) is 5.41 Å². The predicted octanol–water partition coefficient (Wildman–Crippen LogP) is 6.43. The normalized spacial score (nSPS) is 17.9. The molecule has 0 radical (unpaired) electrons. The summed E-state index contributed by atoms with van der Waals surface area (Å²) in [4.78, 5) is 21.1. The minimum absolute atomic E-state index is 0.0535. The third-order valence-corrected chi connectivity index (χ3v) is 8.01. The molecular formula is C22H29Cl2N3OS. The lowest BCUT2D eigenvalue weighted by molar-refractivity contribution is 0.225. The summed E-state index contributed by atoms with van der Waals surface area (Å²) in [5.41, 5.74) is 0.497. The fourth-order valence-corrected chi connectivity index (χ4v) is 5.75. The smallest absolute Gasteiger partial charge is 0.268 e. The van der Waals surface area contributed by atoms with Crippen LogP contribution in [0.2, 0.25) is 10.0 Å². The van der Waals surface area contributed by atoms with Gasteiger partial charge in [-0.25, -0.2) is 4.98 Å². The minimum Gasteiger partial charge on any atom is -0.342 e. The van der Waals surface area contributed by atoms with Gasteiger partial charge in [0.2, 0.25) is 5.95 Å². The molecule has 0 N–H and O–H groups in total. The van der Waals surface area contributed by atoms with E-state index in [2.05, 4.69) is 9.88 Å². The number of hydrogen-bond acceptors (Lipinski definition) is 4. The van der Waals surface area contributed by atoms with Crippen molar-refractivity contribution in [3.8, 4) is 0 Å². The molecule has 1 aromatic heterocycles. The second-order valence-corrected chi connectivity index (χ2v) is 9.50. The molecule has 1 aromatic carbocycles. The highest BCUT2D eigenvalue weighted by Crippen LogP contribution is 2.46. The number of benzene rings is 1. The molecule has 1 spiro atoms. The first-order valence-corrected chi connectivity index (χ1v) is 12.0. The van der Waals surface area contributed by atoms with E-state index < -0.39 is 0 Å². The summed E-state index contributed by atoms with van der Waals surface area (Å²) in [5.74, 6) is 0.759. The van der Waals surface area contributed by atoms with Crippen LogP contribution in [-0.2, 0) is 7.05 Å². The third-order valence-electron chi connectivity index (χ3n) is 6.02. The molecule has 2 aromatic rings. The van der Waals surface area contributed by atoms with Crippen LogP contribution in [0.15, 0.2) is 39.0 Å². The summed E-state index contributed by atoms with van der Waals surface area (Å²) in [6.07, 6.45) is 9.55. The monoisotopic (exact) mass is 453 g/mol. The Kier molecular flexibility index (Phi) is 7.58. The lowest BCUT2D eigenvalue weighted by atomic mass is 9.77. The van der Waals surface area contributed by atoms with E-state index in [0.29, 0.717) is 20.4 Å². The lowest BCUT2D eigenvalue weighted by Crippen LogP contribution is -2.41. The highest BCUT2D eigenvalue weighted by molar-refractivity contribution is 7.99. The third kappa shape index (κ3) is 4.78. The number of rotatable bonds is 3. The molecule has 2 aliphatic rings. The van der Waals surface area contributed by atoms with E-state index in [1.807, 2.05) is 26.0 Å². The van der Waals surface area contributed by atoms with Crippen LogP contribution in [-0.4, -0.2) is 22.6 Å². The van der Waals surface area contributed by atoms with Gasteiger partial charge in [0, 0.05) is 25.0 Å². The lowest BCUT2D eigenvalue weighted by Gasteiger charge is -2.40. The maximum absolute atomic E-state index is 12.9. The van der Waals surface area contributed by atoms with Gasteiger partial charge in [-0.3, -0.25) is 9.36 Å².